The molecule has 3 atom stereocenters. The van der Waals surface area contributed by atoms with E-state index in [1.165, 1.54) is 5.56 Å². The van der Waals surface area contributed by atoms with E-state index in [4.69, 9.17) is 5.73 Å². The van der Waals surface area contributed by atoms with Crippen molar-refractivity contribution in [3.8, 4) is 0 Å². The Morgan fingerprint density at radius 3 is 2.43 bits per heavy atom. The lowest BCUT2D eigenvalue weighted by Gasteiger charge is -2.35. The number of fused-ring (bicyclic) bond motifs is 1. The first-order chi connectivity index (χ1) is 11.1. The Labute approximate surface area is 139 Å². The van der Waals surface area contributed by atoms with E-state index in [0.717, 1.165) is 12.1 Å². The highest BCUT2D eigenvalue weighted by Gasteiger charge is 2.38. The molecule has 0 spiro atoms. The molecule has 0 saturated carbocycles. The second kappa shape index (κ2) is 7.62. The fraction of sp³-hybridized carbons (Fsp3) is 0.400. The third-order valence-corrected chi connectivity index (χ3v) is 4.80. The van der Waals surface area contributed by atoms with Crippen molar-refractivity contribution in [1.82, 2.24) is 0 Å². The van der Waals surface area contributed by atoms with Gasteiger partial charge < -0.3 is 16.2 Å². The Balaban J connectivity index is 2.22. The van der Waals surface area contributed by atoms with E-state index in [9.17, 15) is 5.11 Å². The molecule has 0 amide bonds. The van der Waals surface area contributed by atoms with Crippen LogP contribution in [0.15, 0.2) is 62.2 Å². The Morgan fingerprint density at radius 1 is 1.17 bits per heavy atom. The van der Waals surface area contributed by atoms with Crippen LogP contribution in [-0.2, 0) is 0 Å². The third-order valence-electron chi connectivity index (χ3n) is 4.80. The molecule has 1 aromatic carbocycles. The van der Waals surface area contributed by atoms with Crippen LogP contribution >= 0.6 is 0 Å². The van der Waals surface area contributed by atoms with Crippen LogP contribution in [0.25, 0.3) is 0 Å². The third kappa shape index (κ3) is 3.74. The Morgan fingerprint density at radius 2 is 1.83 bits per heavy atom. The van der Waals surface area contributed by atoms with Crippen molar-refractivity contribution >= 4 is 5.69 Å². The van der Waals surface area contributed by atoms with Crippen LogP contribution in [0.4, 0.5) is 5.69 Å². The van der Waals surface area contributed by atoms with E-state index in [1.807, 2.05) is 12.1 Å². The quantitative estimate of drug-likeness (QED) is 0.609. The molecular formula is C20H28N2O. The number of nitrogens with two attached hydrogens (primary N) is 1. The fourth-order valence-corrected chi connectivity index (χ4v) is 3.54. The van der Waals surface area contributed by atoms with Crippen molar-refractivity contribution in [1.29, 1.82) is 0 Å². The molecule has 1 aromatic rings. The summed E-state index contributed by atoms with van der Waals surface area (Å²) < 4.78 is 0. The van der Waals surface area contributed by atoms with E-state index in [0.29, 0.717) is 19.3 Å². The van der Waals surface area contributed by atoms with Crippen molar-refractivity contribution < 1.29 is 5.11 Å². The van der Waals surface area contributed by atoms with E-state index in [-0.39, 0.29) is 18.0 Å². The minimum Gasteiger partial charge on any atom is -0.388 e. The zero-order valence-corrected chi connectivity index (χ0v) is 13.7. The summed E-state index contributed by atoms with van der Waals surface area (Å²) in [5, 5.41) is 14.5. The molecule has 3 heteroatoms. The molecule has 0 aliphatic carbocycles. The van der Waals surface area contributed by atoms with Crippen LogP contribution in [0.2, 0.25) is 0 Å². The monoisotopic (exact) mass is 312 g/mol. The SMILES string of the molecule is C=CC[C@@H]1Nc2ccccc2[C@@H]1C[C@@H](N)C(O)(CC=C)CC=C. The van der Waals surface area contributed by atoms with Gasteiger partial charge in [0.05, 0.1) is 5.60 Å². The van der Waals surface area contributed by atoms with Crippen molar-refractivity contribution in [3.05, 3.63) is 67.8 Å². The number of aliphatic hydroxyl groups is 1. The van der Waals surface area contributed by atoms with Gasteiger partial charge in [0.25, 0.3) is 0 Å². The maximum Gasteiger partial charge on any atom is 0.0866 e. The lowest BCUT2D eigenvalue weighted by molar-refractivity contribution is 0.0146. The number of benzene rings is 1. The molecule has 124 valence electrons. The van der Waals surface area contributed by atoms with Crippen LogP contribution in [0.5, 0.6) is 0 Å². The fourth-order valence-electron chi connectivity index (χ4n) is 3.54. The molecule has 1 heterocycles. The minimum absolute atomic E-state index is 0.264. The first kappa shape index (κ1) is 17.5. The second-order valence-corrected chi connectivity index (χ2v) is 6.40. The zero-order chi connectivity index (χ0) is 16.9. The smallest absolute Gasteiger partial charge is 0.0866 e. The molecule has 0 radical (unpaired) electrons. The molecule has 0 bridgehead atoms. The van der Waals surface area contributed by atoms with Gasteiger partial charge in [-0.3, -0.25) is 0 Å². The van der Waals surface area contributed by atoms with Gasteiger partial charge in [0.1, 0.15) is 0 Å². The van der Waals surface area contributed by atoms with Gasteiger partial charge in [-0.15, -0.1) is 19.7 Å². The largest absolute Gasteiger partial charge is 0.388 e. The van der Waals surface area contributed by atoms with Crippen LogP contribution < -0.4 is 11.1 Å². The Hall–Kier alpha value is -1.84. The normalized spacial score (nSPS) is 21.1. The zero-order valence-electron chi connectivity index (χ0n) is 13.7. The molecule has 0 fully saturated rings. The first-order valence-electron chi connectivity index (χ1n) is 8.21. The summed E-state index contributed by atoms with van der Waals surface area (Å²) in [6.45, 7) is 11.4. The Kier molecular flexibility index (Phi) is 5.80. The van der Waals surface area contributed by atoms with Gasteiger partial charge in [-0.1, -0.05) is 36.4 Å². The molecule has 0 saturated heterocycles. The highest BCUT2D eigenvalue weighted by molar-refractivity contribution is 5.59. The highest BCUT2D eigenvalue weighted by atomic mass is 16.3. The average Bonchev–Trinajstić information content (AvgIpc) is 2.86. The summed E-state index contributed by atoms with van der Waals surface area (Å²) in [5.74, 6) is 0.264. The molecule has 0 aromatic heterocycles. The van der Waals surface area contributed by atoms with Crippen molar-refractivity contribution in [2.45, 2.75) is 49.3 Å². The number of anilines is 1. The summed E-state index contributed by atoms with van der Waals surface area (Å²) in [4.78, 5) is 0. The summed E-state index contributed by atoms with van der Waals surface area (Å²) in [7, 11) is 0. The van der Waals surface area contributed by atoms with Gasteiger partial charge in [-0.25, -0.2) is 0 Å². The lowest BCUT2D eigenvalue weighted by atomic mass is 9.79. The summed E-state index contributed by atoms with van der Waals surface area (Å²) in [5.41, 5.74) is 7.87. The standard InChI is InChI=1S/C20H28N2O/c1-4-9-17-16(15-10-7-8-11-18(15)22-17)14-19(21)20(23,12-5-2)13-6-3/h4-8,10-11,16-17,19,22-23H,1-3,9,12-14,21H2/t16-,17-,19+/m0/s1. The summed E-state index contributed by atoms with van der Waals surface area (Å²) in [6.07, 6.45) is 7.90. The predicted molar refractivity (Wildman–Crippen MR) is 98.6 cm³/mol. The van der Waals surface area contributed by atoms with Crippen molar-refractivity contribution in [2.75, 3.05) is 5.32 Å². The van der Waals surface area contributed by atoms with E-state index < -0.39 is 5.60 Å². The van der Waals surface area contributed by atoms with E-state index >= 15 is 0 Å². The van der Waals surface area contributed by atoms with Gasteiger partial charge in [0.2, 0.25) is 0 Å². The van der Waals surface area contributed by atoms with Crippen LogP contribution in [0, 0.1) is 0 Å². The van der Waals surface area contributed by atoms with E-state index in [2.05, 4.69) is 43.3 Å². The minimum atomic E-state index is -0.986. The summed E-state index contributed by atoms with van der Waals surface area (Å²) >= 11 is 0. The van der Waals surface area contributed by atoms with Crippen LogP contribution in [0.3, 0.4) is 0 Å². The molecule has 23 heavy (non-hydrogen) atoms. The van der Waals surface area contributed by atoms with Gasteiger partial charge in [0, 0.05) is 23.7 Å². The van der Waals surface area contributed by atoms with Crippen LogP contribution in [0.1, 0.15) is 37.2 Å². The molecule has 1 aliphatic heterocycles. The van der Waals surface area contributed by atoms with Gasteiger partial charge >= 0.3 is 0 Å². The van der Waals surface area contributed by atoms with Gasteiger partial charge in [-0.05, 0) is 37.3 Å². The number of nitrogens with one attached hydrogen (secondary N) is 1. The highest BCUT2D eigenvalue weighted by Crippen LogP contribution is 2.41. The Bertz CT molecular complexity index is 557. The molecule has 4 N–H and O–H groups in total. The van der Waals surface area contributed by atoms with Gasteiger partial charge in [-0.2, -0.15) is 0 Å². The summed E-state index contributed by atoms with van der Waals surface area (Å²) in [6, 6.07) is 8.25. The number of hydrogen-bond acceptors (Lipinski definition) is 3. The molecule has 2 rings (SSSR count). The van der Waals surface area contributed by atoms with Crippen molar-refractivity contribution in [3.63, 3.8) is 0 Å². The molecule has 1 aliphatic rings. The first-order valence-corrected chi connectivity index (χ1v) is 8.21. The topological polar surface area (TPSA) is 58.3 Å². The van der Waals surface area contributed by atoms with E-state index in [1.54, 1.807) is 12.2 Å². The molecular weight excluding hydrogens is 284 g/mol. The number of rotatable bonds is 9. The van der Waals surface area contributed by atoms with Gasteiger partial charge in [0.15, 0.2) is 0 Å². The molecule has 3 nitrogen and oxygen atoms in total. The van der Waals surface area contributed by atoms with Crippen LogP contribution in [-0.4, -0.2) is 22.8 Å². The maximum atomic E-state index is 10.9. The second-order valence-electron chi connectivity index (χ2n) is 6.40. The average molecular weight is 312 g/mol. The molecule has 0 unspecified atom stereocenters. The number of hydrogen-bond donors (Lipinski definition) is 3. The number of para-hydroxylation sites is 1. The predicted octanol–water partition coefficient (Wildman–Crippen LogP) is 3.74. The van der Waals surface area contributed by atoms with Crippen molar-refractivity contribution in [2.24, 2.45) is 5.73 Å². The lowest BCUT2D eigenvalue weighted by Crippen LogP contribution is -2.48. The maximum absolute atomic E-state index is 10.9.